The van der Waals surface area contributed by atoms with Crippen LogP contribution in [0.25, 0.3) is 0 Å². The molecular weight excluding hydrogens is 186 g/mol. The van der Waals surface area contributed by atoms with Crippen molar-refractivity contribution < 1.29 is 0 Å². The fraction of sp³-hybridized carbons (Fsp3) is 0.750. The van der Waals surface area contributed by atoms with Gasteiger partial charge in [-0.3, -0.25) is 5.10 Å². The second-order valence-corrected chi connectivity index (χ2v) is 4.42. The monoisotopic (exact) mass is 207 g/mol. The van der Waals surface area contributed by atoms with E-state index in [1.807, 2.05) is 0 Å². The molecule has 1 saturated heterocycles. The number of aromatic nitrogens is 2. The number of H-pyrrole nitrogens is 1. The number of rotatable bonds is 3. The third-order valence-corrected chi connectivity index (χ3v) is 3.09. The van der Waals surface area contributed by atoms with Gasteiger partial charge in [0.15, 0.2) is 0 Å². The van der Waals surface area contributed by atoms with Crippen molar-refractivity contribution in [2.75, 3.05) is 6.54 Å². The van der Waals surface area contributed by atoms with Gasteiger partial charge in [-0.2, -0.15) is 5.10 Å². The van der Waals surface area contributed by atoms with E-state index in [-0.39, 0.29) is 0 Å². The summed E-state index contributed by atoms with van der Waals surface area (Å²) >= 11 is 0. The summed E-state index contributed by atoms with van der Waals surface area (Å²) < 4.78 is 0. The van der Waals surface area contributed by atoms with Crippen LogP contribution >= 0.6 is 0 Å². The van der Waals surface area contributed by atoms with Gasteiger partial charge in [-0.15, -0.1) is 0 Å². The van der Waals surface area contributed by atoms with Gasteiger partial charge in [0.25, 0.3) is 0 Å². The molecule has 1 unspecified atom stereocenters. The first-order valence-corrected chi connectivity index (χ1v) is 6.17. The van der Waals surface area contributed by atoms with Gasteiger partial charge in [0.2, 0.25) is 0 Å². The molecule has 2 heterocycles. The Morgan fingerprint density at radius 2 is 2.33 bits per heavy atom. The molecule has 1 aliphatic rings. The normalized spacial score (nSPS) is 22.6. The maximum atomic E-state index is 4.41. The summed E-state index contributed by atoms with van der Waals surface area (Å²) in [5, 5.41) is 11.1. The zero-order chi connectivity index (χ0) is 10.5. The second kappa shape index (κ2) is 5.31. The molecule has 15 heavy (non-hydrogen) atoms. The number of aromatic amines is 1. The maximum Gasteiger partial charge on any atom is 0.0794 e. The summed E-state index contributed by atoms with van der Waals surface area (Å²) in [7, 11) is 0. The van der Waals surface area contributed by atoms with Crippen LogP contribution in [-0.4, -0.2) is 16.7 Å². The molecular formula is C12H21N3. The highest BCUT2D eigenvalue weighted by Crippen LogP contribution is 2.21. The molecule has 1 aromatic heterocycles. The molecule has 1 aromatic rings. The summed E-state index contributed by atoms with van der Waals surface area (Å²) in [6.07, 6.45) is 7.52. The standard InChI is InChI=1S/C12H21N3/c1-2-6-10-9-12(15-14-10)11-7-4-3-5-8-13-11/h9,11,13H,2-8H2,1H3,(H,14,15). The van der Waals surface area contributed by atoms with Crippen molar-refractivity contribution >= 4 is 0 Å². The molecule has 0 aliphatic carbocycles. The highest BCUT2D eigenvalue weighted by molar-refractivity contribution is 5.13. The lowest BCUT2D eigenvalue weighted by atomic mass is 10.1. The van der Waals surface area contributed by atoms with Gasteiger partial charge in [-0.25, -0.2) is 0 Å². The highest BCUT2D eigenvalue weighted by Gasteiger charge is 2.16. The van der Waals surface area contributed by atoms with Gasteiger partial charge < -0.3 is 5.32 Å². The number of nitrogens with zero attached hydrogens (tertiary/aromatic N) is 1. The third kappa shape index (κ3) is 2.81. The lowest BCUT2D eigenvalue weighted by Gasteiger charge is -2.11. The van der Waals surface area contributed by atoms with Crippen LogP contribution in [0.2, 0.25) is 0 Å². The SMILES string of the molecule is CCCc1cc(C2CCCCCN2)n[nH]1. The third-order valence-electron chi connectivity index (χ3n) is 3.09. The quantitative estimate of drug-likeness (QED) is 0.799. The number of hydrogen-bond donors (Lipinski definition) is 2. The van der Waals surface area contributed by atoms with Crippen LogP contribution in [0.3, 0.4) is 0 Å². The van der Waals surface area contributed by atoms with Crippen molar-refractivity contribution in [3.05, 3.63) is 17.5 Å². The van der Waals surface area contributed by atoms with Gasteiger partial charge in [0.1, 0.15) is 0 Å². The Balaban J connectivity index is 2.00. The molecule has 0 aromatic carbocycles. The first-order chi connectivity index (χ1) is 7.40. The van der Waals surface area contributed by atoms with Crippen LogP contribution in [0.4, 0.5) is 0 Å². The minimum atomic E-state index is 0.481. The van der Waals surface area contributed by atoms with Crippen molar-refractivity contribution in [2.45, 2.75) is 51.5 Å². The molecule has 1 atom stereocenters. The van der Waals surface area contributed by atoms with E-state index in [1.165, 1.54) is 43.5 Å². The van der Waals surface area contributed by atoms with Crippen LogP contribution in [0, 0.1) is 0 Å². The molecule has 0 radical (unpaired) electrons. The Morgan fingerprint density at radius 1 is 1.40 bits per heavy atom. The Labute approximate surface area is 91.7 Å². The largest absolute Gasteiger partial charge is 0.309 e. The van der Waals surface area contributed by atoms with Crippen molar-refractivity contribution in [1.82, 2.24) is 15.5 Å². The van der Waals surface area contributed by atoms with Crippen molar-refractivity contribution in [3.8, 4) is 0 Å². The Bertz CT molecular complexity index is 285. The average molecular weight is 207 g/mol. The van der Waals surface area contributed by atoms with Crippen LogP contribution in [0.1, 0.15) is 56.5 Å². The van der Waals surface area contributed by atoms with Gasteiger partial charge >= 0.3 is 0 Å². The van der Waals surface area contributed by atoms with Gasteiger partial charge in [-0.1, -0.05) is 26.2 Å². The van der Waals surface area contributed by atoms with Crippen LogP contribution in [0.5, 0.6) is 0 Å². The summed E-state index contributed by atoms with van der Waals surface area (Å²) in [6, 6.07) is 2.71. The van der Waals surface area contributed by atoms with Crippen LogP contribution in [-0.2, 0) is 6.42 Å². The van der Waals surface area contributed by atoms with Crippen LogP contribution < -0.4 is 5.32 Å². The minimum absolute atomic E-state index is 0.481. The van der Waals surface area contributed by atoms with E-state index in [2.05, 4.69) is 28.5 Å². The topological polar surface area (TPSA) is 40.7 Å². The maximum absolute atomic E-state index is 4.41. The van der Waals surface area contributed by atoms with E-state index in [4.69, 9.17) is 0 Å². The van der Waals surface area contributed by atoms with E-state index < -0.39 is 0 Å². The van der Waals surface area contributed by atoms with Gasteiger partial charge in [0, 0.05) is 5.69 Å². The summed E-state index contributed by atoms with van der Waals surface area (Å²) in [6.45, 7) is 3.34. The fourth-order valence-electron chi connectivity index (χ4n) is 2.24. The summed E-state index contributed by atoms with van der Waals surface area (Å²) in [4.78, 5) is 0. The predicted molar refractivity (Wildman–Crippen MR) is 61.8 cm³/mol. The van der Waals surface area contributed by atoms with E-state index in [1.54, 1.807) is 0 Å². The van der Waals surface area contributed by atoms with E-state index in [0.29, 0.717) is 6.04 Å². The molecule has 0 amide bonds. The van der Waals surface area contributed by atoms with Gasteiger partial charge in [-0.05, 0) is 31.9 Å². The molecule has 1 aliphatic heterocycles. The van der Waals surface area contributed by atoms with E-state index in [0.717, 1.165) is 13.0 Å². The lowest BCUT2D eigenvalue weighted by Crippen LogP contribution is -2.20. The molecule has 1 fully saturated rings. The first kappa shape index (κ1) is 10.7. The van der Waals surface area contributed by atoms with Crippen molar-refractivity contribution in [1.29, 1.82) is 0 Å². The second-order valence-electron chi connectivity index (χ2n) is 4.42. The Hall–Kier alpha value is -0.830. The highest BCUT2D eigenvalue weighted by atomic mass is 15.1. The molecule has 3 nitrogen and oxygen atoms in total. The van der Waals surface area contributed by atoms with Crippen LogP contribution in [0.15, 0.2) is 6.07 Å². The molecule has 0 bridgehead atoms. The van der Waals surface area contributed by atoms with E-state index in [9.17, 15) is 0 Å². The molecule has 2 rings (SSSR count). The van der Waals surface area contributed by atoms with Crippen molar-refractivity contribution in [2.24, 2.45) is 0 Å². The minimum Gasteiger partial charge on any atom is -0.309 e. The fourth-order valence-corrected chi connectivity index (χ4v) is 2.24. The molecule has 0 spiro atoms. The Morgan fingerprint density at radius 3 is 3.20 bits per heavy atom. The smallest absolute Gasteiger partial charge is 0.0794 e. The van der Waals surface area contributed by atoms with Crippen molar-refractivity contribution in [3.63, 3.8) is 0 Å². The average Bonchev–Trinajstić information content (AvgIpc) is 2.53. The number of hydrogen-bond acceptors (Lipinski definition) is 2. The molecule has 3 heteroatoms. The number of nitrogens with one attached hydrogen (secondary N) is 2. The zero-order valence-electron chi connectivity index (χ0n) is 9.55. The molecule has 0 saturated carbocycles. The van der Waals surface area contributed by atoms with Gasteiger partial charge in [0.05, 0.1) is 11.7 Å². The molecule has 2 N–H and O–H groups in total. The summed E-state index contributed by atoms with van der Waals surface area (Å²) in [5.74, 6) is 0. The number of aryl methyl sites for hydroxylation is 1. The first-order valence-electron chi connectivity index (χ1n) is 6.17. The Kier molecular flexibility index (Phi) is 3.78. The zero-order valence-corrected chi connectivity index (χ0v) is 9.55. The predicted octanol–water partition coefficient (Wildman–Crippen LogP) is 2.57. The lowest BCUT2D eigenvalue weighted by molar-refractivity contribution is 0.521. The summed E-state index contributed by atoms with van der Waals surface area (Å²) in [5.41, 5.74) is 2.49. The molecule has 84 valence electrons. The van der Waals surface area contributed by atoms with E-state index >= 15 is 0 Å².